The third-order valence-electron chi connectivity index (χ3n) is 7.14. The van der Waals surface area contributed by atoms with Gasteiger partial charge in [0.2, 0.25) is 0 Å². The number of allylic oxidation sites excluding steroid dienone is 1. The first kappa shape index (κ1) is 19.1. The highest BCUT2D eigenvalue weighted by molar-refractivity contribution is 5.09. The molecule has 0 aliphatic heterocycles. The van der Waals surface area contributed by atoms with E-state index in [4.69, 9.17) is 0 Å². The molecule has 2 aliphatic carbocycles. The Bertz CT molecular complexity index is 325. The molecular formula is C23H42. The minimum absolute atomic E-state index is 0.529. The smallest absolute Gasteiger partial charge is 0.00920 e. The molecule has 0 radical (unpaired) electrons. The predicted molar refractivity (Wildman–Crippen MR) is 104 cm³/mol. The first-order valence-electron chi connectivity index (χ1n) is 10.8. The zero-order valence-corrected chi connectivity index (χ0v) is 16.1. The summed E-state index contributed by atoms with van der Waals surface area (Å²) in [6.45, 7) is 9.18. The van der Waals surface area contributed by atoms with Crippen LogP contribution in [0.15, 0.2) is 12.7 Å². The van der Waals surface area contributed by atoms with Crippen LogP contribution in [0.5, 0.6) is 0 Å². The van der Waals surface area contributed by atoms with E-state index in [1.54, 1.807) is 0 Å². The van der Waals surface area contributed by atoms with Gasteiger partial charge >= 0.3 is 0 Å². The van der Waals surface area contributed by atoms with E-state index < -0.39 is 0 Å². The molecule has 134 valence electrons. The molecule has 0 amide bonds. The molecule has 2 aliphatic rings. The molecule has 2 saturated carbocycles. The van der Waals surface area contributed by atoms with Gasteiger partial charge in [0.25, 0.3) is 0 Å². The summed E-state index contributed by atoms with van der Waals surface area (Å²) in [5.41, 5.74) is 0.529. The van der Waals surface area contributed by atoms with Crippen LogP contribution in [0.1, 0.15) is 110 Å². The standard InChI is InChI=1S/C23H42/c1-4-23(18-19-23)21(3)22-16-11-9-7-5-6-8-10-14-20(2)15-12-13-17-22/h4,20-22H,1,5-19H2,2-3H3. The quantitative estimate of drug-likeness (QED) is 0.463. The third-order valence-corrected chi connectivity index (χ3v) is 7.14. The average molecular weight is 319 g/mol. The van der Waals surface area contributed by atoms with Crippen LogP contribution in [0.4, 0.5) is 0 Å². The van der Waals surface area contributed by atoms with Crippen molar-refractivity contribution in [1.29, 1.82) is 0 Å². The molecular weight excluding hydrogens is 276 g/mol. The Morgan fingerprint density at radius 1 is 0.783 bits per heavy atom. The van der Waals surface area contributed by atoms with Crippen molar-refractivity contribution in [2.24, 2.45) is 23.2 Å². The van der Waals surface area contributed by atoms with Crippen molar-refractivity contribution in [1.82, 2.24) is 0 Å². The second-order valence-electron chi connectivity index (χ2n) is 8.93. The van der Waals surface area contributed by atoms with Crippen molar-refractivity contribution in [2.75, 3.05) is 0 Å². The van der Waals surface area contributed by atoms with Crippen molar-refractivity contribution >= 4 is 0 Å². The SMILES string of the molecule is C=CC1(C(C)C2CCCCCCCCCC(C)CCCC2)CC1. The molecule has 0 heterocycles. The van der Waals surface area contributed by atoms with Gasteiger partial charge in [0.1, 0.15) is 0 Å². The van der Waals surface area contributed by atoms with Crippen LogP contribution < -0.4 is 0 Å². The van der Waals surface area contributed by atoms with Crippen LogP contribution in [0, 0.1) is 23.2 Å². The zero-order chi connectivity index (χ0) is 16.5. The Hall–Kier alpha value is -0.260. The molecule has 0 bridgehead atoms. The molecule has 0 saturated heterocycles. The van der Waals surface area contributed by atoms with Crippen molar-refractivity contribution < 1.29 is 0 Å². The predicted octanol–water partition coefficient (Wildman–Crippen LogP) is 7.93. The number of hydrogen-bond donors (Lipinski definition) is 0. The Labute approximate surface area is 146 Å². The van der Waals surface area contributed by atoms with Crippen molar-refractivity contribution in [3.05, 3.63) is 12.7 Å². The van der Waals surface area contributed by atoms with Gasteiger partial charge in [0.05, 0.1) is 0 Å². The maximum atomic E-state index is 4.16. The van der Waals surface area contributed by atoms with Gasteiger partial charge in [-0.25, -0.2) is 0 Å². The first-order chi connectivity index (χ1) is 11.2. The maximum Gasteiger partial charge on any atom is -0.00920 e. The molecule has 2 rings (SSSR count). The highest BCUT2D eigenvalue weighted by Crippen LogP contribution is 2.56. The molecule has 0 nitrogen and oxygen atoms in total. The minimum atomic E-state index is 0.529. The van der Waals surface area contributed by atoms with Crippen LogP contribution in [0.25, 0.3) is 0 Å². The van der Waals surface area contributed by atoms with Crippen LogP contribution in [-0.2, 0) is 0 Å². The summed E-state index contributed by atoms with van der Waals surface area (Å²) in [7, 11) is 0. The van der Waals surface area contributed by atoms with E-state index in [2.05, 4.69) is 26.5 Å². The van der Waals surface area contributed by atoms with Crippen LogP contribution >= 0.6 is 0 Å². The van der Waals surface area contributed by atoms with Gasteiger partial charge in [0, 0.05) is 0 Å². The van der Waals surface area contributed by atoms with Gasteiger partial charge in [-0.05, 0) is 36.0 Å². The summed E-state index contributed by atoms with van der Waals surface area (Å²) < 4.78 is 0. The number of rotatable bonds is 3. The molecule has 0 aromatic heterocycles. The van der Waals surface area contributed by atoms with E-state index in [9.17, 15) is 0 Å². The van der Waals surface area contributed by atoms with E-state index in [0.29, 0.717) is 5.41 Å². The average Bonchev–Trinajstić information content (AvgIpc) is 3.35. The molecule has 0 N–H and O–H groups in total. The zero-order valence-electron chi connectivity index (χ0n) is 16.1. The second kappa shape index (κ2) is 9.90. The summed E-state index contributed by atoms with van der Waals surface area (Å²) in [4.78, 5) is 0. The third kappa shape index (κ3) is 6.28. The first-order valence-corrected chi connectivity index (χ1v) is 10.8. The van der Waals surface area contributed by atoms with Crippen LogP contribution in [-0.4, -0.2) is 0 Å². The summed E-state index contributed by atoms with van der Waals surface area (Å²) in [5, 5.41) is 0. The topological polar surface area (TPSA) is 0 Å². The fraction of sp³-hybridized carbons (Fsp3) is 0.913. The van der Waals surface area contributed by atoms with Crippen LogP contribution in [0.2, 0.25) is 0 Å². The van der Waals surface area contributed by atoms with Gasteiger partial charge < -0.3 is 0 Å². The van der Waals surface area contributed by atoms with Gasteiger partial charge in [-0.1, -0.05) is 103 Å². The van der Waals surface area contributed by atoms with E-state index >= 15 is 0 Å². The van der Waals surface area contributed by atoms with E-state index in [0.717, 1.165) is 17.8 Å². The van der Waals surface area contributed by atoms with Gasteiger partial charge in [-0.2, -0.15) is 0 Å². The van der Waals surface area contributed by atoms with Gasteiger partial charge in [0.15, 0.2) is 0 Å². The maximum absolute atomic E-state index is 4.16. The van der Waals surface area contributed by atoms with E-state index in [1.165, 1.54) is 96.3 Å². The molecule has 0 heteroatoms. The van der Waals surface area contributed by atoms with E-state index in [-0.39, 0.29) is 0 Å². The summed E-state index contributed by atoms with van der Waals surface area (Å²) in [5.74, 6) is 2.78. The lowest BCUT2D eigenvalue weighted by molar-refractivity contribution is 0.227. The summed E-state index contributed by atoms with van der Waals surface area (Å²) in [6, 6.07) is 0. The monoisotopic (exact) mass is 318 g/mol. The highest BCUT2D eigenvalue weighted by atomic mass is 14.5. The van der Waals surface area contributed by atoms with Crippen LogP contribution in [0.3, 0.4) is 0 Å². The molecule has 0 aromatic carbocycles. The van der Waals surface area contributed by atoms with Crippen molar-refractivity contribution in [3.8, 4) is 0 Å². The van der Waals surface area contributed by atoms with Crippen molar-refractivity contribution in [3.63, 3.8) is 0 Å². The summed E-state index contributed by atoms with van der Waals surface area (Å²) >= 11 is 0. The normalized spacial score (nSPS) is 32.3. The number of hydrogen-bond acceptors (Lipinski definition) is 0. The Morgan fingerprint density at radius 3 is 1.74 bits per heavy atom. The Kier molecular flexibility index (Phi) is 8.21. The van der Waals surface area contributed by atoms with Gasteiger partial charge in [-0.3, -0.25) is 0 Å². The fourth-order valence-electron chi connectivity index (χ4n) is 4.93. The molecule has 2 fully saturated rings. The molecule has 0 aromatic rings. The fourth-order valence-corrected chi connectivity index (χ4v) is 4.93. The summed E-state index contributed by atoms with van der Waals surface area (Å²) in [6.07, 6.45) is 24.3. The Balaban J connectivity index is 1.85. The molecule has 23 heavy (non-hydrogen) atoms. The van der Waals surface area contributed by atoms with E-state index in [1.807, 2.05) is 0 Å². The largest absolute Gasteiger partial charge is 0.103 e. The van der Waals surface area contributed by atoms with Crippen molar-refractivity contribution in [2.45, 2.75) is 110 Å². The Morgan fingerprint density at radius 2 is 1.22 bits per heavy atom. The molecule has 3 unspecified atom stereocenters. The minimum Gasteiger partial charge on any atom is -0.103 e. The molecule has 0 spiro atoms. The highest BCUT2D eigenvalue weighted by Gasteiger charge is 2.46. The second-order valence-corrected chi connectivity index (χ2v) is 8.93. The molecule has 3 atom stereocenters. The lowest BCUT2D eigenvalue weighted by Crippen LogP contribution is -2.21. The lowest BCUT2D eigenvalue weighted by atomic mass is 9.75. The van der Waals surface area contributed by atoms with Gasteiger partial charge in [-0.15, -0.1) is 6.58 Å². The lowest BCUT2D eigenvalue weighted by Gasteiger charge is -2.30.